The zero-order valence-corrected chi connectivity index (χ0v) is 8.95. The molecule has 2 rings (SSSR count). The lowest BCUT2D eigenvalue weighted by Gasteiger charge is -2.25. The van der Waals surface area contributed by atoms with Crippen LogP contribution in [0.4, 0.5) is 17.1 Å². The second kappa shape index (κ2) is 3.46. The first-order chi connectivity index (χ1) is 7.09. The fourth-order valence-electron chi connectivity index (χ4n) is 1.82. The minimum Gasteiger partial charge on any atom is -0.397 e. The molecule has 1 unspecified atom stereocenters. The van der Waals surface area contributed by atoms with Crippen molar-refractivity contribution < 1.29 is 4.79 Å². The number of para-hydroxylation sites is 1. The molecule has 4 heteroatoms. The molecular formula is C11H15N3O. The maximum atomic E-state index is 11.6. The van der Waals surface area contributed by atoms with E-state index in [2.05, 4.69) is 10.2 Å². The molecule has 0 aromatic heterocycles. The van der Waals surface area contributed by atoms with Crippen LogP contribution in [-0.2, 0) is 4.79 Å². The Kier molecular flexibility index (Phi) is 2.26. The Balaban J connectivity index is 2.54. The van der Waals surface area contributed by atoms with E-state index in [1.807, 2.05) is 26.1 Å². The topological polar surface area (TPSA) is 58.4 Å². The highest BCUT2D eigenvalue weighted by atomic mass is 16.1. The summed E-state index contributed by atoms with van der Waals surface area (Å²) in [7, 11) is 1.98. The average Bonchev–Trinajstić information content (AvgIpc) is 2.29. The monoisotopic (exact) mass is 205 g/mol. The minimum atomic E-state index is 0.0194. The van der Waals surface area contributed by atoms with Gasteiger partial charge in [-0.05, 0) is 19.1 Å². The number of anilines is 3. The molecule has 0 spiro atoms. The van der Waals surface area contributed by atoms with Gasteiger partial charge in [-0.2, -0.15) is 0 Å². The highest BCUT2D eigenvalue weighted by molar-refractivity contribution is 6.00. The summed E-state index contributed by atoms with van der Waals surface area (Å²) >= 11 is 0. The number of carbonyl (C=O) groups excluding carboxylic acids is 1. The maximum absolute atomic E-state index is 11.6. The van der Waals surface area contributed by atoms with E-state index in [1.54, 1.807) is 6.07 Å². The van der Waals surface area contributed by atoms with Crippen molar-refractivity contribution in [3.63, 3.8) is 0 Å². The standard InChI is InChI=1S/C11H15N3O/c1-7-6-10(15)13-11-8(12)4-3-5-9(11)14(7)2/h3-5,7H,6,12H2,1-2H3,(H,13,15). The lowest BCUT2D eigenvalue weighted by molar-refractivity contribution is -0.116. The van der Waals surface area contributed by atoms with E-state index in [1.165, 1.54) is 0 Å². The summed E-state index contributed by atoms with van der Waals surface area (Å²) in [5, 5.41) is 2.85. The van der Waals surface area contributed by atoms with E-state index in [0.29, 0.717) is 12.1 Å². The Morgan fingerprint density at radius 2 is 2.27 bits per heavy atom. The Bertz CT molecular complexity index is 403. The molecule has 15 heavy (non-hydrogen) atoms. The average molecular weight is 205 g/mol. The predicted molar refractivity (Wildman–Crippen MR) is 62.0 cm³/mol. The minimum absolute atomic E-state index is 0.0194. The van der Waals surface area contributed by atoms with Crippen molar-refractivity contribution in [2.45, 2.75) is 19.4 Å². The van der Waals surface area contributed by atoms with E-state index in [9.17, 15) is 4.79 Å². The molecule has 3 N–H and O–H groups in total. The van der Waals surface area contributed by atoms with Gasteiger partial charge < -0.3 is 16.0 Å². The summed E-state index contributed by atoms with van der Waals surface area (Å²) in [6.07, 6.45) is 0.491. The van der Waals surface area contributed by atoms with Gasteiger partial charge in [0.15, 0.2) is 0 Å². The molecule has 1 aromatic rings. The maximum Gasteiger partial charge on any atom is 0.226 e. The largest absolute Gasteiger partial charge is 0.397 e. The number of fused-ring (bicyclic) bond motifs is 1. The molecule has 0 fully saturated rings. The van der Waals surface area contributed by atoms with Crippen LogP contribution in [0.2, 0.25) is 0 Å². The Morgan fingerprint density at radius 3 is 3.00 bits per heavy atom. The van der Waals surface area contributed by atoms with E-state index in [0.717, 1.165) is 11.4 Å². The van der Waals surface area contributed by atoms with E-state index >= 15 is 0 Å². The van der Waals surface area contributed by atoms with Crippen molar-refractivity contribution in [3.05, 3.63) is 18.2 Å². The summed E-state index contributed by atoms with van der Waals surface area (Å²) in [5.41, 5.74) is 8.16. The smallest absolute Gasteiger partial charge is 0.226 e. The molecular weight excluding hydrogens is 190 g/mol. The van der Waals surface area contributed by atoms with Crippen molar-refractivity contribution in [2.24, 2.45) is 0 Å². The quantitative estimate of drug-likeness (QED) is 0.630. The molecule has 1 atom stereocenters. The Morgan fingerprint density at radius 1 is 1.53 bits per heavy atom. The van der Waals surface area contributed by atoms with Crippen LogP contribution in [-0.4, -0.2) is 19.0 Å². The van der Waals surface area contributed by atoms with Gasteiger partial charge in [0.2, 0.25) is 5.91 Å². The second-order valence-electron chi connectivity index (χ2n) is 3.95. The van der Waals surface area contributed by atoms with E-state index in [4.69, 9.17) is 5.73 Å². The SMILES string of the molecule is CC1CC(=O)Nc2c(N)cccc2N1C. The number of nitrogens with one attached hydrogen (secondary N) is 1. The fourth-order valence-corrected chi connectivity index (χ4v) is 1.82. The van der Waals surface area contributed by atoms with Crippen LogP contribution in [0.25, 0.3) is 0 Å². The number of carbonyl (C=O) groups is 1. The molecule has 0 bridgehead atoms. The first kappa shape index (κ1) is 9.83. The van der Waals surface area contributed by atoms with Crippen LogP contribution in [0.3, 0.4) is 0 Å². The van der Waals surface area contributed by atoms with Crippen LogP contribution in [0.5, 0.6) is 0 Å². The highest BCUT2D eigenvalue weighted by Gasteiger charge is 2.23. The molecule has 80 valence electrons. The van der Waals surface area contributed by atoms with Gasteiger partial charge >= 0.3 is 0 Å². The number of nitrogen functional groups attached to an aromatic ring is 1. The zero-order chi connectivity index (χ0) is 11.0. The normalized spacial score (nSPS) is 20.5. The summed E-state index contributed by atoms with van der Waals surface area (Å²) in [5.74, 6) is 0.0194. The summed E-state index contributed by atoms with van der Waals surface area (Å²) in [4.78, 5) is 13.6. The first-order valence-electron chi connectivity index (χ1n) is 5.00. The van der Waals surface area contributed by atoms with Crippen LogP contribution >= 0.6 is 0 Å². The Labute approximate surface area is 89.1 Å². The van der Waals surface area contributed by atoms with Gasteiger partial charge in [0.05, 0.1) is 17.1 Å². The molecule has 0 aliphatic carbocycles. The predicted octanol–water partition coefficient (Wildman–Crippen LogP) is 1.44. The number of benzene rings is 1. The summed E-state index contributed by atoms with van der Waals surface area (Å²) in [6, 6.07) is 5.85. The fraction of sp³-hybridized carbons (Fsp3) is 0.364. The van der Waals surface area contributed by atoms with Crippen LogP contribution in [0.1, 0.15) is 13.3 Å². The van der Waals surface area contributed by atoms with Gasteiger partial charge in [-0.3, -0.25) is 4.79 Å². The van der Waals surface area contributed by atoms with Gasteiger partial charge in [0.1, 0.15) is 0 Å². The molecule has 4 nitrogen and oxygen atoms in total. The first-order valence-corrected chi connectivity index (χ1v) is 5.00. The molecule has 0 saturated heterocycles. The molecule has 1 amide bonds. The lowest BCUT2D eigenvalue weighted by Crippen LogP contribution is -2.29. The van der Waals surface area contributed by atoms with Crippen molar-refractivity contribution in [3.8, 4) is 0 Å². The van der Waals surface area contributed by atoms with Crippen LogP contribution in [0, 0.1) is 0 Å². The number of amides is 1. The molecule has 0 saturated carbocycles. The highest BCUT2D eigenvalue weighted by Crippen LogP contribution is 2.34. The number of rotatable bonds is 0. The van der Waals surface area contributed by atoms with Crippen LogP contribution in [0.15, 0.2) is 18.2 Å². The summed E-state index contributed by atoms with van der Waals surface area (Å²) in [6.45, 7) is 2.03. The van der Waals surface area contributed by atoms with Gasteiger partial charge in [0.25, 0.3) is 0 Å². The third-order valence-electron chi connectivity index (χ3n) is 2.86. The van der Waals surface area contributed by atoms with Gasteiger partial charge in [-0.1, -0.05) is 6.07 Å². The molecule has 1 heterocycles. The zero-order valence-electron chi connectivity index (χ0n) is 8.95. The van der Waals surface area contributed by atoms with E-state index < -0.39 is 0 Å². The van der Waals surface area contributed by atoms with Gasteiger partial charge in [-0.25, -0.2) is 0 Å². The molecule has 1 aliphatic heterocycles. The van der Waals surface area contributed by atoms with Crippen molar-refractivity contribution in [2.75, 3.05) is 23.0 Å². The third kappa shape index (κ3) is 1.63. The number of hydrogen-bond donors (Lipinski definition) is 2. The van der Waals surface area contributed by atoms with Crippen LogP contribution < -0.4 is 16.0 Å². The van der Waals surface area contributed by atoms with Crippen molar-refractivity contribution >= 4 is 23.0 Å². The van der Waals surface area contributed by atoms with Crippen molar-refractivity contribution in [1.82, 2.24) is 0 Å². The van der Waals surface area contributed by atoms with E-state index in [-0.39, 0.29) is 11.9 Å². The second-order valence-corrected chi connectivity index (χ2v) is 3.95. The van der Waals surface area contributed by atoms with Gasteiger partial charge in [-0.15, -0.1) is 0 Å². The molecule has 0 radical (unpaired) electrons. The molecule has 1 aromatic carbocycles. The Hall–Kier alpha value is -1.71. The van der Waals surface area contributed by atoms with Gasteiger partial charge in [0, 0.05) is 19.5 Å². The molecule has 1 aliphatic rings. The number of nitrogens with two attached hydrogens (primary N) is 1. The lowest BCUT2D eigenvalue weighted by atomic mass is 10.2. The number of hydrogen-bond acceptors (Lipinski definition) is 3. The van der Waals surface area contributed by atoms with Crippen molar-refractivity contribution in [1.29, 1.82) is 0 Å². The third-order valence-corrected chi connectivity index (χ3v) is 2.86. The summed E-state index contributed by atoms with van der Waals surface area (Å²) < 4.78 is 0. The number of nitrogens with zero attached hydrogens (tertiary/aromatic N) is 1.